The molecule has 2 aromatic rings. The van der Waals surface area contributed by atoms with Gasteiger partial charge in [0, 0.05) is 0 Å². The van der Waals surface area contributed by atoms with Crippen molar-refractivity contribution in [3.05, 3.63) is 48.0 Å². The van der Waals surface area contributed by atoms with Crippen LogP contribution in [0.15, 0.2) is 42.5 Å². The second-order valence-corrected chi connectivity index (χ2v) is 4.64. The zero-order valence-electron chi connectivity index (χ0n) is 12.0. The molecule has 0 radical (unpaired) electrons. The molecular weight excluding hydrogens is 358 g/mol. The van der Waals surface area contributed by atoms with E-state index in [1.807, 2.05) is 0 Å². The Labute approximate surface area is 136 Å². The molecular formula is C15H8F6O4. The molecule has 0 unspecified atom stereocenters. The average molecular weight is 366 g/mol. The lowest BCUT2D eigenvalue weighted by Crippen LogP contribution is -2.19. The molecule has 4 nitrogen and oxygen atoms in total. The standard InChI is InChI=1S/C15H8F6O4/c16-14(17,18)24-10-3-1-2-8(6-10)9-4-5-12(25-15(19,20)21)11(7-9)13(22)23/h1-7H,(H,22,23). The van der Waals surface area contributed by atoms with E-state index in [0.717, 1.165) is 30.3 Å². The summed E-state index contributed by atoms with van der Waals surface area (Å²) in [7, 11) is 0. The van der Waals surface area contributed by atoms with E-state index in [1.165, 1.54) is 12.1 Å². The third-order valence-corrected chi connectivity index (χ3v) is 2.84. The van der Waals surface area contributed by atoms with Crippen molar-refractivity contribution in [2.45, 2.75) is 12.7 Å². The minimum atomic E-state index is -5.09. The number of carboxylic acid groups (broad SMARTS) is 1. The largest absolute Gasteiger partial charge is 0.573 e. The Bertz CT molecular complexity index is 782. The molecule has 0 aliphatic heterocycles. The quantitative estimate of drug-likeness (QED) is 0.786. The van der Waals surface area contributed by atoms with Crippen molar-refractivity contribution in [2.24, 2.45) is 0 Å². The molecule has 0 saturated carbocycles. The fraction of sp³-hybridized carbons (Fsp3) is 0.133. The summed E-state index contributed by atoms with van der Waals surface area (Å²) in [4.78, 5) is 11.1. The van der Waals surface area contributed by atoms with E-state index < -0.39 is 35.8 Å². The van der Waals surface area contributed by atoms with Gasteiger partial charge in [-0.1, -0.05) is 18.2 Å². The van der Waals surface area contributed by atoms with Crippen molar-refractivity contribution >= 4 is 5.97 Å². The molecule has 0 atom stereocenters. The Morgan fingerprint density at radius 1 is 0.840 bits per heavy atom. The van der Waals surface area contributed by atoms with Crippen molar-refractivity contribution < 1.29 is 45.7 Å². The summed E-state index contributed by atoms with van der Waals surface area (Å²) in [6.45, 7) is 0. The highest BCUT2D eigenvalue weighted by molar-refractivity contribution is 5.92. The molecule has 0 aliphatic carbocycles. The molecule has 134 valence electrons. The summed E-state index contributed by atoms with van der Waals surface area (Å²) < 4.78 is 80.9. The van der Waals surface area contributed by atoms with Gasteiger partial charge in [-0.15, -0.1) is 26.3 Å². The first-order valence-corrected chi connectivity index (χ1v) is 6.44. The minimum Gasteiger partial charge on any atom is -0.478 e. The lowest BCUT2D eigenvalue weighted by molar-refractivity contribution is -0.275. The van der Waals surface area contributed by atoms with Crippen molar-refractivity contribution in [2.75, 3.05) is 0 Å². The monoisotopic (exact) mass is 366 g/mol. The molecule has 25 heavy (non-hydrogen) atoms. The van der Waals surface area contributed by atoms with E-state index in [4.69, 9.17) is 5.11 Å². The number of alkyl halides is 6. The third-order valence-electron chi connectivity index (χ3n) is 2.84. The number of halogens is 6. The highest BCUT2D eigenvalue weighted by Gasteiger charge is 2.33. The van der Waals surface area contributed by atoms with E-state index in [1.54, 1.807) is 0 Å². The summed E-state index contributed by atoms with van der Waals surface area (Å²) in [6, 6.07) is 7.26. The van der Waals surface area contributed by atoms with Gasteiger partial charge in [0.25, 0.3) is 0 Å². The van der Waals surface area contributed by atoms with E-state index in [0.29, 0.717) is 0 Å². The van der Waals surface area contributed by atoms with Crippen molar-refractivity contribution in [3.8, 4) is 22.6 Å². The number of hydrogen-bond donors (Lipinski definition) is 1. The fourth-order valence-corrected chi connectivity index (χ4v) is 1.96. The smallest absolute Gasteiger partial charge is 0.478 e. The van der Waals surface area contributed by atoms with Gasteiger partial charge in [0.1, 0.15) is 17.1 Å². The van der Waals surface area contributed by atoms with Gasteiger partial charge < -0.3 is 14.6 Å². The van der Waals surface area contributed by atoms with Crippen LogP contribution in [-0.4, -0.2) is 23.8 Å². The normalized spacial score (nSPS) is 11.9. The molecule has 0 spiro atoms. The second-order valence-electron chi connectivity index (χ2n) is 4.64. The van der Waals surface area contributed by atoms with Gasteiger partial charge >= 0.3 is 18.7 Å². The molecule has 0 heterocycles. The first-order valence-electron chi connectivity index (χ1n) is 6.44. The summed E-state index contributed by atoms with van der Waals surface area (Å²) in [5.74, 6) is -3.19. The minimum absolute atomic E-state index is 0.0690. The Morgan fingerprint density at radius 2 is 1.44 bits per heavy atom. The summed E-state index contributed by atoms with van der Waals surface area (Å²) in [6.07, 6.45) is -10.0. The molecule has 2 aromatic carbocycles. The van der Waals surface area contributed by atoms with Gasteiger partial charge in [0.15, 0.2) is 0 Å². The van der Waals surface area contributed by atoms with Crippen LogP contribution in [0, 0.1) is 0 Å². The Morgan fingerprint density at radius 3 is 2.00 bits per heavy atom. The number of aromatic carboxylic acids is 1. The number of rotatable bonds is 4. The number of carbonyl (C=O) groups is 1. The van der Waals surface area contributed by atoms with Crippen LogP contribution in [0.25, 0.3) is 11.1 Å². The van der Waals surface area contributed by atoms with Gasteiger partial charge in [-0.3, -0.25) is 0 Å². The molecule has 10 heteroatoms. The van der Waals surface area contributed by atoms with Crippen molar-refractivity contribution in [3.63, 3.8) is 0 Å². The Balaban J connectivity index is 2.42. The Hall–Kier alpha value is -2.91. The molecule has 0 saturated heterocycles. The third kappa shape index (κ3) is 5.30. The van der Waals surface area contributed by atoms with Crippen LogP contribution < -0.4 is 9.47 Å². The van der Waals surface area contributed by atoms with Crippen LogP contribution >= 0.6 is 0 Å². The molecule has 0 aliphatic rings. The number of hydrogen-bond acceptors (Lipinski definition) is 3. The van der Waals surface area contributed by atoms with E-state index in [9.17, 15) is 31.1 Å². The SMILES string of the molecule is O=C(O)c1cc(-c2cccc(OC(F)(F)F)c2)ccc1OC(F)(F)F. The van der Waals surface area contributed by atoms with Crippen LogP contribution in [0.4, 0.5) is 26.3 Å². The maximum atomic E-state index is 12.3. The average Bonchev–Trinajstić information content (AvgIpc) is 2.44. The molecule has 0 amide bonds. The second kappa shape index (κ2) is 6.54. The van der Waals surface area contributed by atoms with E-state index in [-0.39, 0.29) is 11.1 Å². The van der Waals surface area contributed by atoms with Crippen LogP contribution in [-0.2, 0) is 0 Å². The predicted octanol–water partition coefficient (Wildman–Crippen LogP) is 4.85. The lowest BCUT2D eigenvalue weighted by atomic mass is 10.0. The molecule has 1 N–H and O–H groups in total. The van der Waals surface area contributed by atoms with Gasteiger partial charge in [-0.2, -0.15) is 0 Å². The molecule has 2 rings (SSSR count). The lowest BCUT2D eigenvalue weighted by Gasteiger charge is -2.13. The maximum absolute atomic E-state index is 12.3. The molecule has 0 fully saturated rings. The number of ether oxygens (including phenoxy) is 2. The van der Waals surface area contributed by atoms with Gasteiger partial charge in [-0.05, 0) is 35.4 Å². The topological polar surface area (TPSA) is 55.8 Å². The zero-order valence-corrected chi connectivity index (χ0v) is 12.0. The van der Waals surface area contributed by atoms with Crippen LogP contribution in [0.5, 0.6) is 11.5 Å². The van der Waals surface area contributed by atoms with Crippen molar-refractivity contribution in [1.29, 1.82) is 0 Å². The highest BCUT2D eigenvalue weighted by atomic mass is 19.4. The highest BCUT2D eigenvalue weighted by Crippen LogP contribution is 2.33. The summed E-state index contributed by atoms with van der Waals surface area (Å²) >= 11 is 0. The maximum Gasteiger partial charge on any atom is 0.573 e. The predicted molar refractivity (Wildman–Crippen MR) is 72.2 cm³/mol. The first-order chi connectivity index (χ1) is 11.4. The first kappa shape index (κ1) is 18.4. The van der Waals surface area contributed by atoms with Crippen LogP contribution in [0.2, 0.25) is 0 Å². The zero-order chi connectivity index (χ0) is 18.8. The molecule has 0 aromatic heterocycles. The van der Waals surface area contributed by atoms with Crippen LogP contribution in [0.1, 0.15) is 10.4 Å². The van der Waals surface area contributed by atoms with E-state index >= 15 is 0 Å². The van der Waals surface area contributed by atoms with E-state index in [2.05, 4.69) is 9.47 Å². The number of carboxylic acids is 1. The number of benzene rings is 2. The fourth-order valence-electron chi connectivity index (χ4n) is 1.96. The van der Waals surface area contributed by atoms with Gasteiger partial charge in [0.05, 0.1) is 0 Å². The molecule has 0 bridgehead atoms. The Kier molecular flexibility index (Phi) is 4.82. The van der Waals surface area contributed by atoms with Gasteiger partial charge in [0.2, 0.25) is 0 Å². The van der Waals surface area contributed by atoms with Gasteiger partial charge in [-0.25, -0.2) is 4.79 Å². The summed E-state index contributed by atoms with van der Waals surface area (Å²) in [5.41, 5.74) is -0.612. The summed E-state index contributed by atoms with van der Waals surface area (Å²) in [5, 5.41) is 9.02. The van der Waals surface area contributed by atoms with Crippen molar-refractivity contribution in [1.82, 2.24) is 0 Å². The van der Waals surface area contributed by atoms with Crippen LogP contribution in [0.3, 0.4) is 0 Å².